The van der Waals surface area contributed by atoms with Crippen molar-refractivity contribution < 1.29 is 13.2 Å². The number of aromatic nitrogens is 3. The Balaban J connectivity index is 1.68. The van der Waals surface area contributed by atoms with Crippen molar-refractivity contribution in [2.45, 2.75) is 12.6 Å². The van der Waals surface area contributed by atoms with E-state index >= 15 is 0 Å². The molecule has 8 heteroatoms. The summed E-state index contributed by atoms with van der Waals surface area (Å²) in [4.78, 5) is 13.5. The number of halogens is 3. The maximum atomic E-state index is 13.2. The average molecular weight is 386 g/mol. The highest BCUT2D eigenvalue weighted by Gasteiger charge is 2.33. The monoisotopic (exact) mass is 386 g/mol. The van der Waals surface area contributed by atoms with E-state index in [-0.39, 0.29) is 12.0 Å². The van der Waals surface area contributed by atoms with Crippen LogP contribution in [0.5, 0.6) is 0 Å². The first-order valence-electron chi connectivity index (χ1n) is 8.08. The summed E-state index contributed by atoms with van der Waals surface area (Å²) in [6.07, 6.45) is -2.90. The minimum absolute atomic E-state index is 0.0848. The Bertz CT molecular complexity index is 1080. The van der Waals surface area contributed by atoms with Crippen molar-refractivity contribution in [3.63, 3.8) is 0 Å². The van der Waals surface area contributed by atoms with Gasteiger partial charge in [0.15, 0.2) is 5.82 Å². The Labute approximate surface area is 156 Å². The fourth-order valence-electron chi connectivity index (χ4n) is 2.74. The summed E-state index contributed by atoms with van der Waals surface area (Å²) >= 11 is 1.27. The van der Waals surface area contributed by atoms with Crippen molar-refractivity contribution in [2.24, 2.45) is 0 Å². The number of rotatable bonds is 4. The van der Waals surface area contributed by atoms with Gasteiger partial charge in [0.1, 0.15) is 21.7 Å². The van der Waals surface area contributed by atoms with Gasteiger partial charge in [0.2, 0.25) is 0 Å². The normalized spacial score (nSPS) is 11.7. The van der Waals surface area contributed by atoms with Crippen molar-refractivity contribution in [3.05, 3.63) is 77.1 Å². The molecule has 136 valence electrons. The number of anilines is 2. The molecule has 27 heavy (non-hydrogen) atoms. The second kappa shape index (κ2) is 6.96. The Kier molecular flexibility index (Phi) is 4.49. The fraction of sp³-hybridized carbons (Fsp3) is 0.105. The Morgan fingerprint density at radius 1 is 0.926 bits per heavy atom. The molecule has 0 fully saturated rings. The van der Waals surface area contributed by atoms with Crippen LogP contribution in [0.15, 0.2) is 60.9 Å². The van der Waals surface area contributed by atoms with Crippen LogP contribution < -0.4 is 5.32 Å². The van der Waals surface area contributed by atoms with Crippen molar-refractivity contribution in [2.75, 3.05) is 5.32 Å². The van der Waals surface area contributed by atoms with Crippen LogP contribution in [0.2, 0.25) is 0 Å². The first-order valence-corrected chi connectivity index (χ1v) is 8.90. The summed E-state index contributed by atoms with van der Waals surface area (Å²) in [6.45, 7) is 0. The lowest BCUT2D eigenvalue weighted by Gasteiger charge is -2.11. The molecule has 4 rings (SSSR count). The Morgan fingerprint density at radius 3 is 2.44 bits per heavy atom. The lowest BCUT2D eigenvalue weighted by Crippen LogP contribution is -2.09. The molecule has 0 aliphatic rings. The third-order valence-electron chi connectivity index (χ3n) is 3.94. The summed E-state index contributed by atoms with van der Waals surface area (Å²) in [5.41, 5.74) is 0.938. The van der Waals surface area contributed by atoms with Crippen molar-refractivity contribution >= 4 is 33.2 Å². The van der Waals surface area contributed by atoms with E-state index in [0.29, 0.717) is 21.2 Å². The minimum atomic E-state index is -4.40. The summed E-state index contributed by atoms with van der Waals surface area (Å²) < 4.78 is 39.6. The number of hydrogen-bond donors (Lipinski definition) is 1. The van der Waals surface area contributed by atoms with Gasteiger partial charge in [0, 0.05) is 12.1 Å². The molecular formula is C19H13F3N4S. The van der Waals surface area contributed by atoms with E-state index < -0.39 is 11.7 Å². The molecule has 0 saturated heterocycles. The van der Waals surface area contributed by atoms with Gasteiger partial charge in [-0.15, -0.1) is 0 Å². The van der Waals surface area contributed by atoms with Gasteiger partial charge in [-0.1, -0.05) is 47.7 Å². The molecule has 0 aliphatic carbocycles. The number of nitrogens with one attached hydrogen (secondary N) is 1. The number of para-hydroxylation sites is 1. The molecule has 0 aliphatic heterocycles. The first-order chi connectivity index (χ1) is 13.0. The second-order valence-electron chi connectivity index (χ2n) is 5.81. The zero-order chi connectivity index (χ0) is 18.9. The van der Waals surface area contributed by atoms with Crippen LogP contribution in [0.1, 0.15) is 16.1 Å². The van der Waals surface area contributed by atoms with Gasteiger partial charge in [-0.3, -0.25) is 0 Å². The summed E-state index contributed by atoms with van der Waals surface area (Å²) in [5.74, 6) is 0.526. The van der Waals surface area contributed by atoms with Gasteiger partial charge < -0.3 is 5.32 Å². The predicted molar refractivity (Wildman–Crippen MR) is 99.2 cm³/mol. The quantitative estimate of drug-likeness (QED) is 0.507. The second-order valence-corrected chi connectivity index (χ2v) is 6.87. The third kappa shape index (κ3) is 3.75. The van der Waals surface area contributed by atoms with Crippen LogP contribution in [-0.2, 0) is 12.6 Å². The fourth-order valence-corrected chi connectivity index (χ4v) is 3.66. The van der Waals surface area contributed by atoms with Crippen LogP contribution >= 0.6 is 11.3 Å². The van der Waals surface area contributed by atoms with Crippen LogP contribution in [0, 0.1) is 0 Å². The Hall–Kier alpha value is -3.00. The van der Waals surface area contributed by atoms with E-state index in [1.807, 2.05) is 30.3 Å². The van der Waals surface area contributed by atoms with Gasteiger partial charge in [0.25, 0.3) is 0 Å². The number of nitrogens with zero attached hydrogens (tertiary/aromatic N) is 3. The van der Waals surface area contributed by atoms with Gasteiger partial charge in [-0.05, 0) is 23.8 Å². The zero-order valence-electron chi connectivity index (χ0n) is 13.9. The smallest absolute Gasteiger partial charge is 0.338 e. The SMILES string of the molecule is FC(F)(F)c1ccccc1Cc1nc2c(Nc3ccccc3)ncnc2s1. The average Bonchev–Trinajstić information content (AvgIpc) is 3.06. The Morgan fingerprint density at radius 2 is 1.67 bits per heavy atom. The molecule has 0 spiro atoms. The van der Waals surface area contributed by atoms with Gasteiger partial charge in [-0.2, -0.15) is 13.2 Å². The van der Waals surface area contributed by atoms with Crippen molar-refractivity contribution in [1.29, 1.82) is 0 Å². The molecule has 4 nitrogen and oxygen atoms in total. The van der Waals surface area contributed by atoms with Crippen molar-refractivity contribution in [1.82, 2.24) is 15.0 Å². The molecule has 0 saturated carbocycles. The van der Waals surface area contributed by atoms with Gasteiger partial charge in [-0.25, -0.2) is 15.0 Å². The predicted octanol–water partition coefficient (Wildman–Crippen LogP) is 5.44. The largest absolute Gasteiger partial charge is 0.416 e. The lowest BCUT2D eigenvalue weighted by molar-refractivity contribution is -0.138. The molecule has 0 bridgehead atoms. The molecule has 2 aromatic carbocycles. The number of hydrogen-bond acceptors (Lipinski definition) is 5. The molecule has 2 aromatic heterocycles. The van der Waals surface area contributed by atoms with E-state index in [1.54, 1.807) is 6.07 Å². The van der Waals surface area contributed by atoms with E-state index in [4.69, 9.17) is 0 Å². The van der Waals surface area contributed by atoms with E-state index in [2.05, 4.69) is 20.3 Å². The highest BCUT2D eigenvalue weighted by atomic mass is 32.1. The van der Waals surface area contributed by atoms with E-state index in [9.17, 15) is 13.2 Å². The van der Waals surface area contributed by atoms with Crippen LogP contribution in [0.25, 0.3) is 10.3 Å². The van der Waals surface area contributed by atoms with Gasteiger partial charge >= 0.3 is 6.18 Å². The molecule has 0 atom stereocenters. The highest BCUT2D eigenvalue weighted by Crippen LogP contribution is 2.34. The molecule has 0 radical (unpaired) electrons. The third-order valence-corrected chi connectivity index (χ3v) is 4.90. The van der Waals surface area contributed by atoms with E-state index in [1.165, 1.54) is 29.8 Å². The highest BCUT2D eigenvalue weighted by molar-refractivity contribution is 7.18. The van der Waals surface area contributed by atoms with Crippen LogP contribution in [-0.4, -0.2) is 15.0 Å². The number of alkyl halides is 3. The molecule has 0 amide bonds. The summed E-state index contributed by atoms with van der Waals surface area (Å²) in [6, 6.07) is 15.0. The number of thiazole rings is 1. The van der Waals surface area contributed by atoms with Crippen LogP contribution in [0.4, 0.5) is 24.7 Å². The maximum Gasteiger partial charge on any atom is 0.416 e. The molecule has 0 unspecified atom stereocenters. The standard InChI is InChI=1S/C19H13F3N4S/c20-19(21,22)14-9-5-4-6-12(14)10-15-26-16-17(23-11-24-18(16)27-15)25-13-7-2-1-3-8-13/h1-9,11H,10H2,(H,23,24,25). The lowest BCUT2D eigenvalue weighted by atomic mass is 10.0. The maximum absolute atomic E-state index is 13.2. The van der Waals surface area contributed by atoms with Gasteiger partial charge in [0.05, 0.1) is 5.56 Å². The minimum Gasteiger partial charge on any atom is -0.338 e. The zero-order valence-corrected chi connectivity index (χ0v) is 14.7. The number of fused-ring (bicyclic) bond motifs is 1. The number of benzene rings is 2. The molecular weight excluding hydrogens is 373 g/mol. The molecule has 2 heterocycles. The van der Waals surface area contributed by atoms with Crippen LogP contribution in [0.3, 0.4) is 0 Å². The van der Waals surface area contributed by atoms with E-state index in [0.717, 1.165) is 11.8 Å². The summed E-state index contributed by atoms with van der Waals surface area (Å²) in [5, 5.41) is 3.73. The summed E-state index contributed by atoms with van der Waals surface area (Å²) in [7, 11) is 0. The topological polar surface area (TPSA) is 50.7 Å². The first kappa shape index (κ1) is 17.4. The molecule has 4 aromatic rings. The molecule has 1 N–H and O–H groups in total. The van der Waals surface area contributed by atoms with Crippen molar-refractivity contribution in [3.8, 4) is 0 Å².